The molecule has 0 saturated heterocycles. The van der Waals surface area contributed by atoms with Gasteiger partial charge in [0.1, 0.15) is 5.97 Å². The van der Waals surface area contributed by atoms with Gasteiger partial charge in [-0.25, -0.2) is 4.79 Å². The van der Waals surface area contributed by atoms with Gasteiger partial charge in [0.2, 0.25) is 5.54 Å². The van der Waals surface area contributed by atoms with Gasteiger partial charge in [0.25, 0.3) is 0 Å². The second-order valence-corrected chi connectivity index (χ2v) is 17.9. The summed E-state index contributed by atoms with van der Waals surface area (Å²) in [6, 6.07) is 0. The molecule has 0 aromatic heterocycles. The predicted octanol–water partition coefficient (Wildman–Crippen LogP) is 6.45. The number of carbonyl (C=O) groups excluding carboxylic acids is 3. The number of allylic oxidation sites excluding steroid dienone is 2. The monoisotopic (exact) mass is 642 g/mol. The van der Waals surface area contributed by atoms with Crippen LogP contribution in [-0.4, -0.2) is 68.0 Å². The third-order valence-corrected chi connectivity index (χ3v) is 13.9. The molecular formula is C39H66N2O5. The van der Waals surface area contributed by atoms with Crippen molar-refractivity contribution in [1.82, 2.24) is 5.06 Å². The van der Waals surface area contributed by atoms with E-state index in [-0.39, 0.29) is 15.8 Å². The minimum Gasteiger partial charge on any atom is -0.543 e. The minimum atomic E-state index is -2.05. The highest BCUT2D eigenvalue weighted by atomic mass is 16.7. The molecule has 7 heteroatoms. The van der Waals surface area contributed by atoms with Gasteiger partial charge in [-0.1, -0.05) is 85.3 Å². The average molecular weight is 643 g/mol. The maximum Gasteiger partial charge on any atom is 0.400 e. The zero-order valence-electron chi connectivity index (χ0n) is 31.1. The zero-order chi connectivity index (χ0) is 34.4. The summed E-state index contributed by atoms with van der Waals surface area (Å²) < 4.78 is -0.227. The van der Waals surface area contributed by atoms with Crippen LogP contribution < -0.4 is 5.11 Å². The van der Waals surface area contributed by atoms with Crippen LogP contribution in [0.1, 0.15) is 119 Å². The molecule has 0 N–H and O–H groups in total. The van der Waals surface area contributed by atoms with Crippen LogP contribution in [-0.2, 0) is 19.2 Å². The average Bonchev–Trinajstić information content (AvgIpc) is 3.29. The third kappa shape index (κ3) is 6.26. The number of likely N-dealkylation sites (N-methyl/N-ethyl adjacent to an activating group) is 1. The van der Waals surface area contributed by atoms with Crippen LogP contribution in [0.2, 0.25) is 0 Å². The second-order valence-electron chi connectivity index (χ2n) is 17.9. The summed E-state index contributed by atoms with van der Waals surface area (Å²) in [6.45, 7) is 14.4. The predicted molar refractivity (Wildman–Crippen MR) is 181 cm³/mol. The van der Waals surface area contributed by atoms with Crippen molar-refractivity contribution in [1.29, 1.82) is 0 Å². The van der Waals surface area contributed by atoms with Gasteiger partial charge in [0.15, 0.2) is 0 Å². The number of carbonyl (C=O) groups is 3. The van der Waals surface area contributed by atoms with Crippen LogP contribution in [0.5, 0.6) is 0 Å². The van der Waals surface area contributed by atoms with E-state index >= 15 is 0 Å². The molecule has 0 spiro atoms. The van der Waals surface area contributed by atoms with Gasteiger partial charge in [-0.3, -0.25) is 4.79 Å². The first-order chi connectivity index (χ1) is 21.4. The van der Waals surface area contributed by atoms with Crippen molar-refractivity contribution in [2.24, 2.45) is 58.2 Å². The van der Waals surface area contributed by atoms with Crippen molar-refractivity contribution in [3.05, 3.63) is 11.6 Å². The van der Waals surface area contributed by atoms with Crippen molar-refractivity contribution < 1.29 is 28.8 Å². The third-order valence-electron chi connectivity index (χ3n) is 13.9. The van der Waals surface area contributed by atoms with Gasteiger partial charge < -0.3 is 19.2 Å². The summed E-state index contributed by atoms with van der Waals surface area (Å²) in [5, 5.41) is 14.5. The lowest BCUT2D eigenvalue weighted by atomic mass is 9.44. The van der Waals surface area contributed by atoms with Crippen molar-refractivity contribution in [3.8, 4) is 0 Å². The van der Waals surface area contributed by atoms with Crippen molar-refractivity contribution in [2.75, 3.05) is 35.2 Å². The van der Waals surface area contributed by atoms with Gasteiger partial charge >= 0.3 is 11.8 Å². The largest absolute Gasteiger partial charge is 0.543 e. The summed E-state index contributed by atoms with van der Waals surface area (Å²) in [4.78, 5) is 45.8. The van der Waals surface area contributed by atoms with E-state index in [9.17, 15) is 19.5 Å². The van der Waals surface area contributed by atoms with Gasteiger partial charge in [-0.2, -0.15) is 0 Å². The zero-order valence-corrected chi connectivity index (χ0v) is 31.1. The van der Waals surface area contributed by atoms with Gasteiger partial charge in [-0.15, -0.1) is 5.06 Å². The molecule has 0 aliphatic heterocycles. The van der Waals surface area contributed by atoms with E-state index in [1.807, 2.05) is 0 Å². The van der Waals surface area contributed by atoms with Crippen LogP contribution in [0.15, 0.2) is 11.6 Å². The van der Waals surface area contributed by atoms with E-state index in [0.717, 1.165) is 54.4 Å². The molecule has 4 aliphatic carbocycles. The quantitative estimate of drug-likeness (QED) is 0.0754. The molecule has 0 aromatic carbocycles. The molecule has 7 nitrogen and oxygen atoms in total. The summed E-state index contributed by atoms with van der Waals surface area (Å²) in [6.07, 6.45) is 15.7. The summed E-state index contributed by atoms with van der Waals surface area (Å²) >= 11 is 0. The number of fused-ring (bicyclic) bond motifs is 5. The fourth-order valence-electron chi connectivity index (χ4n) is 11.9. The smallest absolute Gasteiger partial charge is 0.400 e. The van der Waals surface area contributed by atoms with E-state index in [4.69, 9.17) is 4.84 Å². The Kier molecular flexibility index (Phi) is 11.0. The van der Waals surface area contributed by atoms with E-state index in [2.05, 4.69) is 47.6 Å². The van der Waals surface area contributed by atoms with Crippen LogP contribution >= 0.6 is 0 Å². The number of Topliss-reactive ketones (excluding diaryl/α,β-unsaturated/α-hetero) is 1. The van der Waals surface area contributed by atoms with Crippen LogP contribution in [0, 0.1) is 58.2 Å². The lowest BCUT2D eigenvalue weighted by Gasteiger charge is -2.61. The number of hydroxylamine groups is 2. The summed E-state index contributed by atoms with van der Waals surface area (Å²) in [7, 11) is 8.16. The van der Waals surface area contributed by atoms with Crippen molar-refractivity contribution in [3.63, 3.8) is 0 Å². The number of rotatable bonds is 13. The molecule has 4 aliphatic rings. The lowest BCUT2D eigenvalue weighted by molar-refractivity contribution is -0.910. The number of hydrogen-bond acceptors (Lipinski definition) is 6. The van der Waals surface area contributed by atoms with Crippen molar-refractivity contribution in [2.45, 2.75) is 124 Å². The standard InChI is InChI=1S/C39H66N2O5/c1-12-14-27-24-38(6)28(23-33(27)39(36(44)45,41(9,10)11)34(42)35(43)46-40(7)8)17-18-29-31-20-19-30(26(4)16-13-15-25(2)3)37(31,5)22-21-32(29)38/h17,25-27,29-33H,12-16,18-24H2,1-11H3/t26-,27?,29?,30-,31?,32?,33?,37-,38+,39-/m1/s1. The normalized spacial score (nSPS) is 36.2. The molecule has 0 aromatic rings. The van der Waals surface area contributed by atoms with E-state index in [1.165, 1.54) is 64.6 Å². The first-order valence-electron chi connectivity index (χ1n) is 18.5. The minimum absolute atomic E-state index is 0.0251. The Morgan fingerprint density at radius 2 is 1.74 bits per heavy atom. The van der Waals surface area contributed by atoms with Gasteiger partial charge in [0, 0.05) is 20.0 Å². The molecule has 46 heavy (non-hydrogen) atoms. The molecule has 3 saturated carbocycles. The number of carboxylic acid groups (broad SMARTS) is 1. The molecule has 4 rings (SSSR count). The topological polar surface area (TPSA) is 86.7 Å². The molecule has 3 fully saturated rings. The lowest BCUT2D eigenvalue weighted by Crippen LogP contribution is -2.76. The number of quaternary nitrogens is 1. The molecule has 0 amide bonds. The number of hydrogen-bond donors (Lipinski definition) is 0. The van der Waals surface area contributed by atoms with Crippen LogP contribution in [0.3, 0.4) is 0 Å². The number of aliphatic carboxylic acids is 1. The van der Waals surface area contributed by atoms with E-state index in [0.29, 0.717) is 23.7 Å². The van der Waals surface area contributed by atoms with Crippen LogP contribution in [0.4, 0.5) is 0 Å². The second kappa shape index (κ2) is 13.6. The number of nitrogens with zero attached hydrogens (tertiary/aromatic N) is 2. The Bertz CT molecular complexity index is 1170. The molecular weight excluding hydrogens is 576 g/mol. The summed E-state index contributed by atoms with van der Waals surface area (Å²) in [5.74, 6) is 0.0870. The Labute approximate surface area is 280 Å². The maximum atomic E-state index is 14.1. The number of ketones is 1. The Morgan fingerprint density at radius 1 is 1.07 bits per heavy atom. The highest BCUT2D eigenvalue weighted by Crippen LogP contribution is 2.69. The molecule has 10 atom stereocenters. The van der Waals surface area contributed by atoms with E-state index in [1.54, 1.807) is 21.1 Å². The first-order valence-corrected chi connectivity index (χ1v) is 18.5. The van der Waals surface area contributed by atoms with E-state index < -0.39 is 29.2 Å². The SMILES string of the molecule is CCCC1C[C@@]2(C)C(=CCC3C2CC[C@@]2(C)C3CC[C@@H]2[C@H](C)CCCC(C)C)CC1[C@](C(=O)[O-])(C(=O)C(=O)ON(C)C)[N+](C)(C)C. The molecule has 262 valence electrons. The Balaban J connectivity index is 1.68. The molecule has 5 unspecified atom stereocenters. The highest BCUT2D eigenvalue weighted by Gasteiger charge is 2.66. The van der Waals surface area contributed by atoms with Gasteiger partial charge in [0.05, 0.1) is 21.1 Å². The number of carboxylic acids is 1. The molecule has 0 heterocycles. The Hall–Kier alpha value is -1.73. The molecule has 0 bridgehead atoms. The van der Waals surface area contributed by atoms with Crippen molar-refractivity contribution >= 4 is 17.7 Å². The van der Waals surface area contributed by atoms with Crippen LogP contribution in [0.25, 0.3) is 0 Å². The fraction of sp³-hybridized carbons (Fsp3) is 0.872. The molecule has 0 radical (unpaired) electrons. The Morgan fingerprint density at radius 3 is 2.30 bits per heavy atom. The first kappa shape index (κ1) is 37.1. The van der Waals surface area contributed by atoms with Gasteiger partial charge in [-0.05, 0) is 97.2 Å². The highest BCUT2D eigenvalue weighted by molar-refractivity contribution is 6.41. The summed E-state index contributed by atoms with van der Waals surface area (Å²) in [5.41, 5.74) is -0.384. The maximum absolute atomic E-state index is 14.1. The fourth-order valence-corrected chi connectivity index (χ4v) is 11.9.